The summed E-state index contributed by atoms with van der Waals surface area (Å²) in [5.74, 6) is -0.378. The van der Waals surface area contributed by atoms with E-state index in [2.05, 4.69) is 14.7 Å². The lowest BCUT2D eigenvalue weighted by molar-refractivity contribution is 0.0595. The Morgan fingerprint density at radius 1 is 1.33 bits per heavy atom. The van der Waals surface area contributed by atoms with E-state index in [1.807, 2.05) is 18.2 Å². The summed E-state index contributed by atoms with van der Waals surface area (Å²) in [6.45, 7) is 0. The van der Waals surface area contributed by atoms with Crippen LogP contribution < -0.4 is 0 Å². The van der Waals surface area contributed by atoms with Crippen molar-refractivity contribution >= 4 is 5.97 Å². The predicted molar refractivity (Wildman–Crippen MR) is 55.4 cm³/mol. The maximum absolute atomic E-state index is 11.2. The molecule has 0 bridgehead atoms. The Morgan fingerprint density at radius 3 is 2.87 bits per heavy atom. The SMILES string of the molecule is COC(=O)c1ccc(-c2ccccn2)[nH]1. The zero-order chi connectivity index (χ0) is 10.7. The second-order valence-corrected chi connectivity index (χ2v) is 2.99. The van der Waals surface area contributed by atoms with Crippen molar-refractivity contribution in [1.82, 2.24) is 9.97 Å². The van der Waals surface area contributed by atoms with Crippen LogP contribution in [-0.4, -0.2) is 23.0 Å². The highest BCUT2D eigenvalue weighted by molar-refractivity contribution is 5.88. The Bertz CT molecular complexity index is 462. The zero-order valence-electron chi connectivity index (χ0n) is 8.23. The number of carbonyl (C=O) groups excluding carboxylic acids is 1. The molecule has 4 nitrogen and oxygen atoms in total. The van der Waals surface area contributed by atoms with Crippen LogP contribution in [0.3, 0.4) is 0 Å². The number of esters is 1. The van der Waals surface area contributed by atoms with Gasteiger partial charge in [0.15, 0.2) is 0 Å². The van der Waals surface area contributed by atoms with Crippen LogP contribution in [-0.2, 0) is 4.74 Å². The summed E-state index contributed by atoms with van der Waals surface area (Å²) < 4.78 is 4.59. The van der Waals surface area contributed by atoms with Crippen LogP contribution in [0.15, 0.2) is 36.5 Å². The number of nitrogens with zero attached hydrogens (tertiary/aromatic N) is 1. The Labute approximate surface area is 86.9 Å². The van der Waals surface area contributed by atoms with Crippen molar-refractivity contribution in [3.63, 3.8) is 0 Å². The Balaban J connectivity index is 2.32. The molecule has 2 rings (SSSR count). The normalized spacial score (nSPS) is 9.93. The molecule has 0 radical (unpaired) electrons. The molecule has 4 heteroatoms. The second-order valence-electron chi connectivity index (χ2n) is 2.99. The van der Waals surface area contributed by atoms with Crippen molar-refractivity contribution in [2.75, 3.05) is 7.11 Å². The number of aromatic nitrogens is 2. The minimum atomic E-state index is -0.378. The highest BCUT2D eigenvalue weighted by Crippen LogP contribution is 2.15. The fourth-order valence-corrected chi connectivity index (χ4v) is 1.30. The molecular formula is C11H10N2O2. The minimum Gasteiger partial charge on any atom is -0.464 e. The molecule has 2 aromatic rings. The molecule has 15 heavy (non-hydrogen) atoms. The molecule has 0 saturated heterocycles. The largest absolute Gasteiger partial charge is 0.464 e. The van der Waals surface area contributed by atoms with Gasteiger partial charge < -0.3 is 9.72 Å². The number of ether oxygens (including phenoxy) is 1. The van der Waals surface area contributed by atoms with Gasteiger partial charge in [-0.1, -0.05) is 6.07 Å². The Kier molecular flexibility index (Phi) is 2.49. The number of carbonyl (C=O) groups is 1. The lowest BCUT2D eigenvalue weighted by Gasteiger charge is -1.96. The molecule has 1 N–H and O–H groups in total. The van der Waals surface area contributed by atoms with Crippen LogP contribution in [0.5, 0.6) is 0 Å². The van der Waals surface area contributed by atoms with Crippen molar-refractivity contribution in [2.24, 2.45) is 0 Å². The van der Waals surface area contributed by atoms with Crippen molar-refractivity contribution in [2.45, 2.75) is 0 Å². The number of H-pyrrole nitrogens is 1. The third-order valence-electron chi connectivity index (χ3n) is 2.03. The summed E-state index contributed by atoms with van der Waals surface area (Å²) in [6, 6.07) is 9.08. The van der Waals surface area contributed by atoms with Gasteiger partial charge in [0, 0.05) is 6.20 Å². The fraction of sp³-hybridized carbons (Fsp3) is 0.0909. The molecular weight excluding hydrogens is 192 g/mol. The van der Waals surface area contributed by atoms with Crippen molar-refractivity contribution in [1.29, 1.82) is 0 Å². The predicted octanol–water partition coefficient (Wildman–Crippen LogP) is 1.86. The number of hydrogen-bond donors (Lipinski definition) is 1. The van der Waals surface area contributed by atoms with Crippen LogP contribution in [0.25, 0.3) is 11.4 Å². The number of rotatable bonds is 2. The highest BCUT2D eigenvalue weighted by Gasteiger charge is 2.08. The van der Waals surface area contributed by atoms with Gasteiger partial charge in [0.2, 0.25) is 0 Å². The number of aromatic amines is 1. The van der Waals surface area contributed by atoms with Gasteiger partial charge in [-0.25, -0.2) is 4.79 Å². The third kappa shape index (κ3) is 1.88. The number of hydrogen-bond acceptors (Lipinski definition) is 3. The van der Waals surface area contributed by atoms with Gasteiger partial charge in [-0.05, 0) is 24.3 Å². The van der Waals surface area contributed by atoms with E-state index in [4.69, 9.17) is 0 Å². The molecule has 0 aromatic carbocycles. The topological polar surface area (TPSA) is 55.0 Å². The lowest BCUT2D eigenvalue weighted by atomic mass is 10.3. The smallest absolute Gasteiger partial charge is 0.354 e. The van der Waals surface area contributed by atoms with Crippen LogP contribution in [0.4, 0.5) is 0 Å². The van der Waals surface area contributed by atoms with Gasteiger partial charge in [0.1, 0.15) is 5.69 Å². The standard InChI is InChI=1S/C11H10N2O2/c1-15-11(14)10-6-5-9(13-10)8-4-2-3-7-12-8/h2-7,13H,1H3. The monoisotopic (exact) mass is 202 g/mol. The van der Waals surface area contributed by atoms with E-state index in [-0.39, 0.29) is 5.97 Å². The van der Waals surface area contributed by atoms with Crippen LogP contribution in [0.2, 0.25) is 0 Å². The molecule has 76 valence electrons. The summed E-state index contributed by atoms with van der Waals surface area (Å²) in [6.07, 6.45) is 1.70. The quantitative estimate of drug-likeness (QED) is 0.756. The van der Waals surface area contributed by atoms with E-state index in [0.717, 1.165) is 11.4 Å². The first-order valence-corrected chi connectivity index (χ1v) is 4.50. The van der Waals surface area contributed by atoms with Crippen molar-refractivity contribution in [3.8, 4) is 11.4 Å². The van der Waals surface area contributed by atoms with E-state index < -0.39 is 0 Å². The van der Waals surface area contributed by atoms with Gasteiger partial charge in [-0.2, -0.15) is 0 Å². The number of pyridine rings is 1. The third-order valence-corrected chi connectivity index (χ3v) is 2.03. The fourth-order valence-electron chi connectivity index (χ4n) is 1.30. The van der Waals surface area contributed by atoms with Gasteiger partial charge in [0.05, 0.1) is 18.5 Å². The molecule has 0 aliphatic rings. The second kappa shape index (κ2) is 3.96. The van der Waals surface area contributed by atoms with Gasteiger partial charge in [-0.3, -0.25) is 4.98 Å². The summed E-state index contributed by atoms with van der Waals surface area (Å²) in [5.41, 5.74) is 2.03. The average Bonchev–Trinajstić information content (AvgIpc) is 2.78. The van der Waals surface area contributed by atoms with E-state index in [1.54, 1.807) is 18.3 Å². The van der Waals surface area contributed by atoms with Crippen molar-refractivity contribution < 1.29 is 9.53 Å². The molecule has 0 atom stereocenters. The van der Waals surface area contributed by atoms with Crippen molar-refractivity contribution in [3.05, 3.63) is 42.2 Å². The Hall–Kier alpha value is -2.10. The van der Waals surface area contributed by atoms with Gasteiger partial charge in [-0.15, -0.1) is 0 Å². The van der Waals surface area contributed by atoms with Crippen LogP contribution in [0, 0.1) is 0 Å². The van der Waals surface area contributed by atoms with E-state index in [1.165, 1.54) is 7.11 Å². The summed E-state index contributed by atoms with van der Waals surface area (Å²) in [7, 11) is 1.35. The summed E-state index contributed by atoms with van der Waals surface area (Å²) in [5, 5.41) is 0. The van der Waals surface area contributed by atoms with Crippen LogP contribution >= 0.6 is 0 Å². The molecule has 0 fully saturated rings. The number of methoxy groups -OCH3 is 1. The zero-order valence-corrected chi connectivity index (χ0v) is 8.23. The molecule has 2 aromatic heterocycles. The summed E-state index contributed by atoms with van der Waals surface area (Å²) >= 11 is 0. The molecule has 0 saturated carbocycles. The lowest BCUT2D eigenvalue weighted by Crippen LogP contribution is -2.01. The molecule has 0 aliphatic heterocycles. The molecule has 0 unspecified atom stereocenters. The Morgan fingerprint density at radius 2 is 2.20 bits per heavy atom. The average molecular weight is 202 g/mol. The minimum absolute atomic E-state index is 0.378. The van der Waals surface area contributed by atoms with Gasteiger partial charge in [0.25, 0.3) is 0 Å². The van der Waals surface area contributed by atoms with E-state index in [9.17, 15) is 4.79 Å². The first-order valence-electron chi connectivity index (χ1n) is 4.50. The molecule has 0 amide bonds. The highest BCUT2D eigenvalue weighted by atomic mass is 16.5. The molecule has 0 aliphatic carbocycles. The first-order chi connectivity index (χ1) is 7.31. The van der Waals surface area contributed by atoms with E-state index in [0.29, 0.717) is 5.69 Å². The summed E-state index contributed by atoms with van der Waals surface area (Å²) in [4.78, 5) is 18.3. The molecule has 0 spiro atoms. The van der Waals surface area contributed by atoms with Gasteiger partial charge >= 0.3 is 5.97 Å². The molecule has 2 heterocycles. The van der Waals surface area contributed by atoms with E-state index >= 15 is 0 Å². The number of nitrogens with one attached hydrogen (secondary N) is 1. The van der Waals surface area contributed by atoms with Crippen LogP contribution in [0.1, 0.15) is 10.5 Å². The maximum atomic E-state index is 11.2. The first kappa shape index (κ1) is 9.45. The maximum Gasteiger partial charge on any atom is 0.354 e.